The first-order chi connectivity index (χ1) is 13.1. The maximum absolute atomic E-state index is 12.8. The summed E-state index contributed by atoms with van der Waals surface area (Å²) >= 11 is 0. The highest BCUT2D eigenvalue weighted by atomic mass is 16.2. The zero-order valence-electron chi connectivity index (χ0n) is 20.2. The molecule has 0 rings (SSSR count). The fourth-order valence-electron chi connectivity index (χ4n) is 3.09. The Morgan fingerprint density at radius 2 is 1.41 bits per heavy atom. The topological polar surface area (TPSA) is 87.3 Å². The van der Waals surface area contributed by atoms with E-state index in [1.54, 1.807) is 0 Å². The van der Waals surface area contributed by atoms with Crippen molar-refractivity contribution in [1.82, 2.24) is 16.0 Å². The van der Waals surface area contributed by atoms with E-state index in [0.29, 0.717) is 25.2 Å². The van der Waals surface area contributed by atoms with Gasteiger partial charge in [0.2, 0.25) is 17.7 Å². The third-order valence-electron chi connectivity index (χ3n) is 4.93. The maximum atomic E-state index is 12.8. The molecule has 170 valence electrons. The minimum absolute atomic E-state index is 0.00911. The molecule has 3 N–H and O–H groups in total. The Bertz CT molecular complexity index is 539. The van der Waals surface area contributed by atoms with Gasteiger partial charge in [0.05, 0.1) is 0 Å². The van der Waals surface area contributed by atoms with Crippen molar-refractivity contribution in [2.24, 2.45) is 11.3 Å². The zero-order valence-corrected chi connectivity index (χ0v) is 20.2. The highest BCUT2D eigenvalue weighted by Crippen LogP contribution is 2.25. The number of hydrogen-bond acceptors (Lipinski definition) is 3. The summed E-state index contributed by atoms with van der Waals surface area (Å²) in [6.45, 7) is 17.8. The van der Waals surface area contributed by atoms with Crippen molar-refractivity contribution in [2.75, 3.05) is 0 Å². The Hall–Kier alpha value is -1.59. The minimum Gasteiger partial charge on any atom is -0.354 e. The molecule has 0 aromatic heterocycles. The third kappa shape index (κ3) is 13.3. The quantitative estimate of drug-likeness (QED) is 0.429. The largest absolute Gasteiger partial charge is 0.354 e. The van der Waals surface area contributed by atoms with E-state index >= 15 is 0 Å². The highest BCUT2D eigenvalue weighted by Gasteiger charge is 2.32. The minimum atomic E-state index is -0.524. The Balaban J connectivity index is 4.45. The van der Waals surface area contributed by atoms with Gasteiger partial charge < -0.3 is 16.0 Å². The van der Waals surface area contributed by atoms with Gasteiger partial charge in [-0.25, -0.2) is 0 Å². The summed E-state index contributed by atoms with van der Waals surface area (Å²) in [5.74, 6) is 0.464. The van der Waals surface area contributed by atoms with Gasteiger partial charge in [0.25, 0.3) is 0 Å². The van der Waals surface area contributed by atoms with Crippen molar-refractivity contribution in [3.05, 3.63) is 0 Å². The van der Waals surface area contributed by atoms with Crippen LogP contribution in [0.2, 0.25) is 0 Å². The first-order valence-electron chi connectivity index (χ1n) is 11.1. The molecule has 0 bridgehead atoms. The molecule has 0 aliphatic rings. The van der Waals surface area contributed by atoms with Crippen LogP contribution in [0.5, 0.6) is 0 Å². The lowest BCUT2D eigenvalue weighted by Crippen LogP contribution is -2.49. The molecule has 29 heavy (non-hydrogen) atoms. The van der Waals surface area contributed by atoms with E-state index in [-0.39, 0.29) is 35.3 Å². The van der Waals surface area contributed by atoms with Gasteiger partial charge in [-0.15, -0.1) is 0 Å². The predicted molar refractivity (Wildman–Crippen MR) is 119 cm³/mol. The number of carbonyl (C=O) groups is 3. The van der Waals surface area contributed by atoms with Crippen molar-refractivity contribution in [1.29, 1.82) is 0 Å². The van der Waals surface area contributed by atoms with E-state index in [1.165, 1.54) is 0 Å². The molecule has 6 nitrogen and oxygen atoms in total. The van der Waals surface area contributed by atoms with Crippen LogP contribution >= 0.6 is 0 Å². The van der Waals surface area contributed by atoms with Gasteiger partial charge in [-0.2, -0.15) is 0 Å². The van der Waals surface area contributed by atoms with Gasteiger partial charge in [-0.3, -0.25) is 14.4 Å². The fraction of sp³-hybridized carbons (Fsp3) is 0.870. The van der Waals surface area contributed by atoms with E-state index in [0.717, 1.165) is 19.3 Å². The second kappa shape index (κ2) is 12.2. The van der Waals surface area contributed by atoms with Gasteiger partial charge in [0, 0.05) is 35.9 Å². The van der Waals surface area contributed by atoms with E-state index < -0.39 is 5.41 Å². The van der Waals surface area contributed by atoms with Crippen molar-refractivity contribution < 1.29 is 14.4 Å². The molecule has 0 aliphatic carbocycles. The molecule has 0 fully saturated rings. The Morgan fingerprint density at radius 3 is 1.93 bits per heavy atom. The fourth-order valence-corrected chi connectivity index (χ4v) is 3.09. The molecule has 6 heteroatoms. The van der Waals surface area contributed by atoms with E-state index in [4.69, 9.17) is 0 Å². The van der Waals surface area contributed by atoms with Crippen LogP contribution in [0.4, 0.5) is 0 Å². The lowest BCUT2D eigenvalue weighted by molar-refractivity contribution is -0.131. The van der Waals surface area contributed by atoms with Gasteiger partial charge in [-0.05, 0) is 66.2 Å². The van der Waals surface area contributed by atoms with E-state index in [9.17, 15) is 14.4 Å². The van der Waals surface area contributed by atoms with Gasteiger partial charge in [-0.1, -0.05) is 27.7 Å². The number of amides is 3. The van der Waals surface area contributed by atoms with Crippen molar-refractivity contribution in [2.45, 2.75) is 118 Å². The summed E-state index contributed by atoms with van der Waals surface area (Å²) < 4.78 is 0. The van der Waals surface area contributed by atoms with Crippen molar-refractivity contribution in [3.63, 3.8) is 0 Å². The van der Waals surface area contributed by atoms with E-state index in [1.807, 2.05) is 62.3 Å². The average Bonchev–Trinajstić information content (AvgIpc) is 2.50. The third-order valence-corrected chi connectivity index (χ3v) is 4.93. The number of rotatable bonds is 13. The first kappa shape index (κ1) is 27.4. The summed E-state index contributed by atoms with van der Waals surface area (Å²) in [5.41, 5.74) is -0.896. The smallest absolute Gasteiger partial charge is 0.226 e. The number of nitrogens with one attached hydrogen (secondary N) is 3. The van der Waals surface area contributed by atoms with Crippen molar-refractivity contribution in [3.8, 4) is 0 Å². The molecular formula is C23H45N3O3. The lowest BCUT2D eigenvalue weighted by atomic mass is 9.84. The molecule has 0 aromatic rings. The molecule has 0 saturated carbocycles. The van der Waals surface area contributed by atoms with Gasteiger partial charge in [0.15, 0.2) is 0 Å². The Morgan fingerprint density at radius 1 is 0.828 bits per heavy atom. The number of hydrogen-bond donors (Lipinski definition) is 3. The van der Waals surface area contributed by atoms with Crippen LogP contribution in [-0.2, 0) is 14.4 Å². The molecule has 0 radical (unpaired) electrons. The van der Waals surface area contributed by atoms with Crippen LogP contribution in [0.25, 0.3) is 0 Å². The summed E-state index contributed by atoms with van der Waals surface area (Å²) in [4.78, 5) is 36.5. The normalized spacial score (nSPS) is 13.3. The molecular weight excluding hydrogens is 366 g/mol. The molecule has 1 atom stereocenters. The average molecular weight is 412 g/mol. The molecule has 0 aliphatic heterocycles. The summed E-state index contributed by atoms with van der Waals surface area (Å²) in [5, 5.41) is 9.05. The zero-order chi connectivity index (χ0) is 22.8. The second-order valence-electron chi connectivity index (χ2n) is 10.4. The number of carbonyl (C=O) groups excluding carboxylic acids is 3. The molecule has 0 aromatic carbocycles. The van der Waals surface area contributed by atoms with Crippen molar-refractivity contribution >= 4 is 17.7 Å². The van der Waals surface area contributed by atoms with E-state index in [2.05, 4.69) is 16.0 Å². The lowest BCUT2D eigenvalue weighted by Gasteiger charge is -2.33. The van der Waals surface area contributed by atoms with Crippen LogP contribution in [0.3, 0.4) is 0 Å². The van der Waals surface area contributed by atoms with Gasteiger partial charge >= 0.3 is 0 Å². The standard InChI is InChI=1S/C23H45N3O3/c1-16(2)15-20(28)25-18(5)12-14-22(6,7)21(29)26-23(8,9)13-10-11-19(27)24-17(3)4/h16-18H,10-15H2,1-9H3,(H,24,27)(H,25,28)(H,26,29). The van der Waals surface area contributed by atoms with Gasteiger partial charge in [0.1, 0.15) is 0 Å². The van der Waals surface area contributed by atoms with Crippen LogP contribution in [0, 0.1) is 11.3 Å². The summed E-state index contributed by atoms with van der Waals surface area (Å²) in [7, 11) is 0. The SMILES string of the molecule is CC(C)CC(=O)NC(C)CCC(C)(C)C(=O)NC(C)(C)CCCC(=O)NC(C)C. The Kier molecular flexibility index (Phi) is 11.5. The summed E-state index contributed by atoms with van der Waals surface area (Å²) in [6, 6.07) is 0.189. The van der Waals surface area contributed by atoms with Crippen LogP contribution in [0.1, 0.15) is 101 Å². The highest BCUT2D eigenvalue weighted by molar-refractivity contribution is 5.82. The monoisotopic (exact) mass is 411 g/mol. The first-order valence-corrected chi connectivity index (χ1v) is 11.1. The van der Waals surface area contributed by atoms with Crippen LogP contribution in [-0.4, -0.2) is 35.3 Å². The maximum Gasteiger partial charge on any atom is 0.226 e. The molecule has 3 amide bonds. The Labute approximate surface area is 178 Å². The molecule has 0 spiro atoms. The van der Waals surface area contributed by atoms with Crippen LogP contribution < -0.4 is 16.0 Å². The predicted octanol–water partition coefficient (Wildman–Crippen LogP) is 3.93. The second-order valence-corrected chi connectivity index (χ2v) is 10.4. The molecule has 1 unspecified atom stereocenters. The molecule has 0 saturated heterocycles. The van der Waals surface area contributed by atoms with Crippen LogP contribution in [0.15, 0.2) is 0 Å². The molecule has 0 heterocycles. The summed E-state index contributed by atoms with van der Waals surface area (Å²) in [6.07, 6.45) is 3.90.